The Kier molecular flexibility index (Phi) is 3.71. The Labute approximate surface area is 130 Å². The van der Waals surface area contributed by atoms with Crippen LogP contribution in [0.1, 0.15) is 56.7 Å². The molecule has 0 bridgehead atoms. The van der Waals surface area contributed by atoms with Gasteiger partial charge in [0.15, 0.2) is 5.82 Å². The lowest BCUT2D eigenvalue weighted by molar-refractivity contribution is -0.199. The topological polar surface area (TPSA) is 69.4 Å². The Morgan fingerprint density at radius 2 is 2.00 bits per heavy atom. The molecule has 3 aliphatic rings. The van der Waals surface area contributed by atoms with Crippen LogP contribution in [0.25, 0.3) is 0 Å². The molecule has 1 saturated carbocycles. The van der Waals surface area contributed by atoms with Crippen LogP contribution in [0.4, 0.5) is 0 Å². The van der Waals surface area contributed by atoms with Crippen molar-refractivity contribution in [1.29, 1.82) is 0 Å². The fraction of sp³-hybridized carbons (Fsp3) is 0.875. The van der Waals surface area contributed by atoms with Crippen LogP contribution in [0.15, 0.2) is 4.52 Å². The first kappa shape index (κ1) is 14.6. The Hall–Kier alpha value is -0.980. The molecule has 1 aliphatic carbocycles. The van der Waals surface area contributed by atoms with E-state index in [0.29, 0.717) is 5.89 Å². The maximum Gasteiger partial charge on any atom is 0.223 e. The molecular weight excluding hydrogens is 282 g/mol. The Bertz CT molecular complexity index is 520. The van der Waals surface area contributed by atoms with Crippen LogP contribution >= 0.6 is 0 Å². The minimum Gasteiger partial charge on any atom is -0.375 e. The zero-order valence-electron chi connectivity index (χ0n) is 13.3. The first-order valence-corrected chi connectivity index (χ1v) is 8.51. The van der Waals surface area contributed by atoms with E-state index in [0.717, 1.165) is 51.3 Å². The molecule has 4 rings (SSSR count). The van der Waals surface area contributed by atoms with E-state index in [1.54, 1.807) is 0 Å². The van der Waals surface area contributed by atoms with Gasteiger partial charge in [0.05, 0.1) is 24.9 Å². The highest BCUT2D eigenvalue weighted by molar-refractivity contribution is 5.07. The first-order valence-electron chi connectivity index (χ1n) is 8.51. The molecular formula is C16H25N3O3. The van der Waals surface area contributed by atoms with Crippen molar-refractivity contribution in [3.05, 3.63) is 11.7 Å². The zero-order valence-corrected chi connectivity index (χ0v) is 13.3. The monoisotopic (exact) mass is 307 g/mol. The van der Waals surface area contributed by atoms with Crippen molar-refractivity contribution >= 4 is 0 Å². The van der Waals surface area contributed by atoms with Crippen molar-refractivity contribution in [2.75, 3.05) is 19.8 Å². The predicted molar refractivity (Wildman–Crippen MR) is 79.5 cm³/mol. The summed E-state index contributed by atoms with van der Waals surface area (Å²) in [5.41, 5.74) is -0.111. The summed E-state index contributed by atoms with van der Waals surface area (Å²) in [6.07, 6.45) is 8.37. The van der Waals surface area contributed by atoms with E-state index < -0.39 is 0 Å². The molecule has 0 radical (unpaired) electrons. The van der Waals surface area contributed by atoms with Crippen LogP contribution in [-0.2, 0) is 15.0 Å². The van der Waals surface area contributed by atoms with Crippen LogP contribution in [0.3, 0.4) is 0 Å². The van der Waals surface area contributed by atoms with Crippen molar-refractivity contribution in [3.8, 4) is 0 Å². The van der Waals surface area contributed by atoms with Crippen molar-refractivity contribution in [2.24, 2.45) is 0 Å². The minimum absolute atomic E-state index is 0.0226. The third kappa shape index (κ3) is 2.57. The first-order chi connectivity index (χ1) is 10.7. The molecule has 1 atom stereocenters. The van der Waals surface area contributed by atoms with Gasteiger partial charge in [-0.3, -0.25) is 0 Å². The van der Waals surface area contributed by atoms with Gasteiger partial charge in [0.1, 0.15) is 5.60 Å². The Morgan fingerprint density at radius 1 is 1.18 bits per heavy atom. The summed E-state index contributed by atoms with van der Waals surface area (Å²) in [5, 5.41) is 7.95. The second-order valence-corrected chi connectivity index (χ2v) is 7.12. The molecule has 2 aliphatic heterocycles. The number of rotatable bonds is 4. The number of nitrogens with zero attached hydrogens (tertiary/aromatic N) is 2. The number of nitrogens with one attached hydrogen (secondary N) is 1. The summed E-state index contributed by atoms with van der Waals surface area (Å²) in [7, 11) is 0. The quantitative estimate of drug-likeness (QED) is 0.918. The van der Waals surface area contributed by atoms with Gasteiger partial charge in [0, 0.05) is 13.5 Å². The average Bonchev–Trinajstić information content (AvgIpc) is 3.12. The largest absolute Gasteiger partial charge is 0.375 e. The lowest BCUT2D eigenvalue weighted by Crippen LogP contribution is -2.51. The zero-order chi connectivity index (χ0) is 15.0. The molecule has 22 heavy (non-hydrogen) atoms. The van der Waals surface area contributed by atoms with Gasteiger partial charge in [-0.15, -0.1) is 0 Å². The number of hydrogen-bond acceptors (Lipinski definition) is 6. The Morgan fingerprint density at radius 3 is 2.59 bits per heavy atom. The van der Waals surface area contributed by atoms with Crippen molar-refractivity contribution < 1.29 is 14.0 Å². The molecule has 122 valence electrons. The molecule has 3 fully saturated rings. The second-order valence-electron chi connectivity index (χ2n) is 7.12. The van der Waals surface area contributed by atoms with Crippen LogP contribution in [0, 0.1) is 6.92 Å². The molecule has 6 nitrogen and oxygen atoms in total. The molecule has 2 saturated heterocycles. The summed E-state index contributed by atoms with van der Waals surface area (Å²) in [4.78, 5) is 4.51. The highest BCUT2D eigenvalue weighted by Crippen LogP contribution is 2.38. The van der Waals surface area contributed by atoms with Gasteiger partial charge in [-0.05, 0) is 25.7 Å². The van der Waals surface area contributed by atoms with E-state index in [2.05, 4.69) is 15.5 Å². The molecule has 1 N–H and O–H groups in total. The maximum atomic E-state index is 6.21. The summed E-state index contributed by atoms with van der Waals surface area (Å²) in [5.74, 6) is 1.47. The SMILES string of the molecule is Cc1nc(C2(NCC3CCC4(COC4)O3)CCCCC2)no1. The van der Waals surface area contributed by atoms with Gasteiger partial charge in [0.2, 0.25) is 5.89 Å². The van der Waals surface area contributed by atoms with E-state index in [-0.39, 0.29) is 17.2 Å². The Balaban J connectivity index is 1.43. The van der Waals surface area contributed by atoms with Crippen molar-refractivity contribution in [1.82, 2.24) is 15.5 Å². The van der Waals surface area contributed by atoms with Crippen LogP contribution in [0.2, 0.25) is 0 Å². The van der Waals surface area contributed by atoms with E-state index >= 15 is 0 Å². The third-order valence-electron chi connectivity index (χ3n) is 5.40. The minimum atomic E-state index is -0.134. The van der Waals surface area contributed by atoms with E-state index in [1.165, 1.54) is 19.3 Å². The van der Waals surface area contributed by atoms with Gasteiger partial charge in [-0.2, -0.15) is 4.98 Å². The number of hydrogen-bond donors (Lipinski definition) is 1. The van der Waals surface area contributed by atoms with Crippen LogP contribution in [-0.4, -0.2) is 41.6 Å². The van der Waals surface area contributed by atoms with Crippen LogP contribution in [0.5, 0.6) is 0 Å². The van der Waals surface area contributed by atoms with Gasteiger partial charge in [0.25, 0.3) is 0 Å². The fourth-order valence-corrected chi connectivity index (χ4v) is 4.02. The average molecular weight is 307 g/mol. The summed E-state index contributed by atoms with van der Waals surface area (Å²) >= 11 is 0. The van der Waals surface area contributed by atoms with Gasteiger partial charge in [-0.25, -0.2) is 0 Å². The molecule has 1 unspecified atom stereocenters. The van der Waals surface area contributed by atoms with E-state index in [4.69, 9.17) is 14.0 Å². The molecule has 0 aromatic carbocycles. The fourth-order valence-electron chi connectivity index (χ4n) is 4.02. The number of aromatic nitrogens is 2. The predicted octanol–water partition coefficient (Wildman–Crippen LogP) is 2.08. The second kappa shape index (κ2) is 5.58. The van der Waals surface area contributed by atoms with E-state index in [9.17, 15) is 0 Å². The summed E-state index contributed by atoms with van der Waals surface area (Å²) in [6, 6.07) is 0. The normalized spacial score (nSPS) is 29.6. The lowest BCUT2D eigenvalue weighted by atomic mass is 9.81. The molecule has 1 aromatic rings. The highest BCUT2D eigenvalue weighted by atomic mass is 16.6. The van der Waals surface area contributed by atoms with Crippen LogP contribution < -0.4 is 5.32 Å². The van der Waals surface area contributed by atoms with Gasteiger partial charge < -0.3 is 19.3 Å². The molecule has 1 spiro atoms. The maximum absolute atomic E-state index is 6.21. The molecule has 1 aromatic heterocycles. The van der Waals surface area contributed by atoms with E-state index in [1.807, 2.05) is 6.92 Å². The van der Waals surface area contributed by atoms with Gasteiger partial charge >= 0.3 is 0 Å². The van der Waals surface area contributed by atoms with Crippen molar-refractivity contribution in [2.45, 2.75) is 69.1 Å². The van der Waals surface area contributed by atoms with Crippen molar-refractivity contribution in [3.63, 3.8) is 0 Å². The third-order valence-corrected chi connectivity index (χ3v) is 5.40. The lowest BCUT2D eigenvalue weighted by Gasteiger charge is -2.39. The molecule has 6 heteroatoms. The van der Waals surface area contributed by atoms with Gasteiger partial charge in [-0.1, -0.05) is 24.4 Å². The summed E-state index contributed by atoms with van der Waals surface area (Å²) in [6.45, 7) is 4.24. The molecule has 0 amide bonds. The smallest absolute Gasteiger partial charge is 0.223 e. The summed E-state index contributed by atoms with van der Waals surface area (Å²) < 4.78 is 16.8. The molecule has 3 heterocycles. The highest BCUT2D eigenvalue weighted by Gasteiger charge is 2.47. The number of ether oxygens (including phenoxy) is 2. The standard InChI is InChI=1S/C16H25N3O3/c1-12-18-14(19-22-12)16(6-3-2-4-7-16)17-9-13-5-8-15(21-13)10-20-11-15/h13,17H,2-11H2,1H3. The number of aryl methyl sites for hydroxylation is 1.